The standard InChI is InChI=1S/C17H16FN3O2S/c18-15-6-8-17(9-7-15)24(22,23)21(13-16-10-11-19-20-16)12-14-4-2-1-3-5-14/h1-11H,12-13H2,(H,19,20). The van der Waals surface area contributed by atoms with E-state index in [1.165, 1.54) is 16.4 Å². The number of hydrogen-bond acceptors (Lipinski definition) is 3. The molecule has 0 radical (unpaired) electrons. The van der Waals surface area contributed by atoms with Gasteiger partial charge < -0.3 is 0 Å². The van der Waals surface area contributed by atoms with E-state index in [4.69, 9.17) is 0 Å². The largest absolute Gasteiger partial charge is 0.281 e. The van der Waals surface area contributed by atoms with Crippen molar-refractivity contribution in [2.75, 3.05) is 0 Å². The molecule has 0 spiro atoms. The molecule has 24 heavy (non-hydrogen) atoms. The van der Waals surface area contributed by atoms with Crippen LogP contribution in [0.4, 0.5) is 4.39 Å². The van der Waals surface area contributed by atoms with E-state index in [0.29, 0.717) is 5.69 Å². The monoisotopic (exact) mass is 345 g/mol. The molecule has 0 bridgehead atoms. The Morgan fingerprint density at radius 3 is 2.29 bits per heavy atom. The first-order chi connectivity index (χ1) is 11.6. The van der Waals surface area contributed by atoms with E-state index in [2.05, 4.69) is 10.2 Å². The van der Waals surface area contributed by atoms with Crippen molar-refractivity contribution in [2.45, 2.75) is 18.0 Å². The average Bonchev–Trinajstić information content (AvgIpc) is 3.09. The lowest BCUT2D eigenvalue weighted by atomic mass is 10.2. The van der Waals surface area contributed by atoms with Gasteiger partial charge in [0.1, 0.15) is 5.82 Å². The summed E-state index contributed by atoms with van der Waals surface area (Å²) >= 11 is 0. The van der Waals surface area contributed by atoms with Gasteiger partial charge in [0, 0.05) is 12.7 Å². The number of benzene rings is 2. The van der Waals surface area contributed by atoms with Gasteiger partial charge in [-0.3, -0.25) is 5.10 Å². The molecular formula is C17H16FN3O2S. The Morgan fingerprint density at radius 2 is 1.67 bits per heavy atom. The van der Waals surface area contributed by atoms with Crippen LogP contribution in [-0.4, -0.2) is 22.9 Å². The van der Waals surface area contributed by atoms with E-state index < -0.39 is 15.8 Å². The van der Waals surface area contributed by atoms with Gasteiger partial charge >= 0.3 is 0 Å². The molecule has 0 saturated heterocycles. The van der Waals surface area contributed by atoms with E-state index in [0.717, 1.165) is 17.7 Å². The highest BCUT2D eigenvalue weighted by Gasteiger charge is 2.25. The van der Waals surface area contributed by atoms with Gasteiger partial charge in [-0.2, -0.15) is 9.40 Å². The molecule has 2 aromatic carbocycles. The first-order valence-electron chi connectivity index (χ1n) is 7.33. The number of sulfonamides is 1. The third kappa shape index (κ3) is 3.69. The van der Waals surface area contributed by atoms with Gasteiger partial charge in [0.05, 0.1) is 17.1 Å². The first-order valence-corrected chi connectivity index (χ1v) is 8.77. The van der Waals surface area contributed by atoms with E-state index in [1.807, 2.05) is 30.3 Å². The van der Waals surface area contributed by atoms with Gasteiger partial charge in [0.15, 0.2) is 0 Å². The Kier molecular flexibility index (Phi) is 4.73. The number of aromatic nitrogens is 2. The fourth-order valence-electron chi connectivity index (χ4n) is 2.33. The molecule has 0 amide bonds. The van der Waals surface area contributed by atoms with Crippen molar-refractivity contribution in [3.05, 3.63) is 83.9 Å². The Hall–Kier alpha value is -2.51. The second kappa shape index (κ2) is 6.94. The summed E-state index contributed by atoms with van der Waals surface area (Å²) in [6.07, 6.45) is 1.57. The van der Waals surface area contributed by atoms with Gasteiger partial charge in [-0.1, -0.05) is 30.3 Å². The molecule has 0 atom stereocenters. The minimum atomic E-state index is -3.77. The molecule has 0 aliphatic rings. The third-order valence-corrected chi connectivity index (χ3v) is 5.36. The Bertz CT molecular complexity index is 879. The minimum Gasteiger partial charge on any atom is -0.281 e. The van der Waals surface area contributed by atoms with Crippen molar-refractivity contribution in [3.8, 4) is 0 Å². The van der Waals surface area contributed by atoms with Crippen molar-refractivity contribution in [3.63, 3.8) is 0 Å². The van der Waals surface area contributed by atoms with Crippen LogP contribution in [-0.2, 0) is 23.1 Å². The molecule has 124 valence electrons. The predicted molar refractivity (Wildman–Crippen MR) is 87.9 cm³/mol. The lowest BCUT2D eigenvalue weighted by Crippen LogP contribution is -2.30. The lowest BCUT2D eigenvalue weighted by Gasteiger charge is -2.22. The molecule has 1 N–H and O–H groups in total. The van der Waals surface area contributed by atoms with Gasteiger partial charge in [0.2, 0.25) is 10.0 Å². The number of halogens is 1. The smallest absolute Gasteiger partial charge is 0.243 e. The maximum absolute atomic E-state index is 13.1. The topological polar surface area (TPSA) is 66.1 Å². The number of H-pyrrole nitrogens is 1. The normalized spacial score (nSPS) is 11.8. The van der Waals surface area contributed by atoms with Crippen LogP contribution in [0.25, 0.3) is 0 Å². The summed E-state index contributed by atoms with van der Waals surface area (Å²) in [5.74, 6) is -0.475. The Morgan fingerprint density at radius 1 is 0.958 bits per heavy atom. The molecule has 1 heterocycles. The molecular weight excluding hydrogens is 329 g/mol. The molecule has 0 unspecified atom stereocenters. The Balaban J connectivity index is 1.94. The molecule has 1 aromatic heterocycles. The van der Waals surface area contributed by atoms with Crippen molar-refractivity contribution >= 4 is 10.0 Å². The van der Waals surface area contributed by atoms with Crippen LogP contribution in [0, 0.1) is 5.82 Å². The minimum absolute atomic E-state index is 0.0550. The first kappa shape index (κ1) is 16.4. The summed E-state index contributed by atoms with van der Waals surface area (Å²) < 4.78 is 40.3. The van der Waals surface area contributed by atoms with Crippen LogP contribution in [0.3, 0.4) is 0 Å². The number of nitrogens with zero attached hydrogens (tertiary/aromatic N) is 2. The third-order valence-electron chi connectivity index (χ3n) is 3.56. The van der Waals surface area contributed by atoms with Crippen molar-refractivity contribution < 1.29 is 12.8 Å². The second-order valence-corrected chi connectivity index (χ2v) is 7.23. The number of aromatic amines is 1. The second-order valence-electron chi connectivity index (χ2n) is 5.29. The molecule has 5 nitrogen and oxygen atoms in total. The SMILES string of the molecule is O=S(=O)(c1ccc(F)cc1)N(Cc1ccccc1)Cc1ccn[nH]1. The number of nitrogens with one attached hydrogen (secondary N) is 1. The van der Waals surface area contributed by atoms with Gasteiger partial charge in [0.25, 0.3) is 0 Å². The molecule has 3 aromatic rings. The molecule has 0 aliphatic carbocycles. The van der Waals surface area contributed by atoms with E-state index >= 15 is 0 Å². The van der Waals surface area contributed by atoms with Crippen molar-refractivity contribution in [1.29, 1.82) is 0 Å². The van der Waals surface area contributed by atoms with Gasteiger partial charge in [-0.05, 0) is 35.9 Å². The summed E-state index contributed by atoms with van der Waals surface area (Å²) in [5, 5.41) is 6.62. The fraction of sp³-hybridized carbons (Fsp3) is 0.118. The van der Waals surface area contributed by atoms with Crippen LogP contribution in [0.2, 0.25) is 0 Å². The van der Waals surface area contributed by atoms with Crippen LogP contribution < -0.4 is 0 Å². The van der Waals surface area contributed by atoms with E-state index in [1.54, 1.807) is 12.3 Å². The summed E-state index contributed by atoms with van der Waals surface area (Å²) in [7, 11) is -3.77. The highest BCUT2D eigenvalue weighted by Crippen LogP contribution is 2.21. The molecule has 3 rings (SSSR count). The van der Waals surface area contributed by atoms with Gasteiger partial charge in [-0.25, -0.2) is 12.8 Å². The van der Waals surface area contributed by atoms with Crippen LogP contribution in [0.1, 0.15) is 11.3 Å². The van der Waals surface area contributed by atoms with Crippen LogP contribution >= 0.6 is 0 Å². The molecule has 0 aliphatic heterocycles. The fourth-order valence-corrected chi connectivity index (χ4v) is 3.74. The summed E-state index contributed by atoms with van der Waals surface area (Å²) in [5.41, 5.74) is 1.54. The zero-order valence-electron chi connectivity index (χ0n) is 12.8. The highest BCUT2D eigenvalue weighted by atomic mass is 32.2. The highest BCUT2D eigenvalue weighted by molar-refractivity contribution is 7.89. The zero-order chi connectivity index (χ0) is 17.0. The van der Waals surface area contributed by atoms with E-state index in [-0.39, 0.29) is 18.0 Å². The van der Waals surface area contributed by atoms with Crippen molar-refractivity contribution in [1.82, 2.24) is 14.5 Å². The average molecular weight is 345 g/mol. The van der Waals surface area contributed by atoms with Crippen molar-refractivity contribution in [2.24, 2.45) is 0 Å². The maximum Gasteiger partial charge on any atom is 0.243 e. The lowest BCUT2D eigenvalue weighted by molar-refractivity contribution is 0.396. The quantitative estimate of drug-likeness (QED) is 0.747. The maximum atomic E-state index is 13.1. The summed E-state index contributed by atoms with van der Waals surface area (Å²) in [4.78, 5) is 0.0550. The Labute approximate surface area is 139 Å². The number of rotatable bonds is 6. The number of hydrogen-bond donors (Lipinski definition) is 1. The summed E-state index contributed by atoms with van der Waals surface area (Å²) in [6, 6.07) is 15.9. The zero-order valence-corrected chi connectivity index (χ0v) is 13.6. The van der Waals surface area contributed by atoms with E-state index in [9.17, 15) is 12.8 Å². The van der Waals surface area contributed by atoms with Gasteiger partial charge in [-0.15, -0.1) is 0 Å². The molecule has 7 heteroatoms. The summed E-state index contributed by atoms with van der Waals surface area (Å²) in [6.45, 7) is 0.355. The molecule has 0 fully saturated rings. The molecule has 0 saturated carbocycles. The predicted octanol–water partition coefficient (Wildman–Crippen LogP) is 2.94. The van der Waals surface area contributed by atoms with Crippen LogP contribution in [0.5, 0.6) is 0 Å². The van der Waals surface area contributed by atoms with Crippen LogP contribution in [0.15, 0.2) is 71.8 Å².